The Hall–Kier alpha value is -3.13. The third-order valence-electron chi connectivity index (χ3n) is 5.07. The minimum Gasteiger partial charge on any atom is -0.486 e. The van der Waals surface area contributed by atoms with Crippen LogP contribution < -0.4 is 15.0 Å². The standard InChI is InChI=1S/C25H17BrCl2N2O4/c1-14-7-8-17(12-20(14)27)30-24(32)18(23(31)29-25(30)33)9-16-10-19(26)22(21(28)11-16)34-13-15-5-3-2-4-6-15/h2-12H,13H2,1H3,(H,29,31,33)/b18-9-. The predicted octanol–water partition coefficient (Wildman–Crippen LogP) is 6.31. The van der Waals surface area contributed by atoms with Crippen molar-refractivity contribution in [2.45, 2.75) is 13.5 Å². The molecule has 1 heterocycles. The van der Waals surface area contributed by atoms with Gasteiger partial charge in [-0.2, -0.15) is 0 Å². The predicted molar refractivity (Wildman–Crippen MR) is 135 cm³/mol. The number of benzene rings is 3. The molecule has 1 aliphatic rings. The van der Waals surface area contributed by atoms with Gasteiger partial charge in [-0.05, 0) is 69.9 Å². The summed E-state index contributed by atoms with van der Waals surface area (Å²) < 4.78 is 6.39. The molecule has 0 bridgehead atoms. The number of barbiturate groups is 1. The van der Waals surface area contributed by atoms with E-state index in [0.717, 1.165) is 16.0 Å². The van der Waals surface area contributed by atoms with E-state index in [1.165, 1.54) is 12.1 Å². The molecule has 0 saturated carbocycles. The molecule has 3 aromatic rings. The largest absolute Gasteiger partial charge is 0.486 e. The zero-order chi connectivity index (χ0) is 24.4. The molecular formula is C25H17BrCl2N2O4. The van der Waals surface area contributed by atoms with Gasteiger partial charge in [-0.3, -0.25) is 14.9 Å². The first-order valence-corrected chi connectivity index (χ1v) is 11.6. The van der Waals surface area contributed by atoms with Crippen LogP contribution in [0.15, 0.2) is 70.7 Å². The number of rotatable bonds is 5. The van der Waals surface area contributed by atoms with Gasteiger partial charge in [0.05, 0.1) is 15.2 Å². The van der Waals surface area contributed by atoms with Crippen LogP contribution in [-0.2, 0) is 16.2 Å². The molecule has 0 spiro atoms. The van der Waals surface area contributed by atoms with Gasteiger partial charge in [0.15, 0.2) is 5.75 Å². The summed E-state index contributed by atoms with van der Waals surface area (Å²) in [5.41, 5.74) is 2.26. The Balaban J connectivity index is 1.63. The Morgan fingerprint density at radius 3 is 2.41 bits per heavy atom. The summed E-state index contributed by atoms with van der Waals surface area (Å²) in [6.07, 6.45) is 1.37. The number of anilines is 1. The minimum absolute atomic E-state index is 0.225. The summed E-state index contributed by atoms with van der Waals surface area (Å²) in [7, 11) is 0. The van der Waals surface area contributed by atoms with Gasteiger partial charge in [0, 0.05) is 5.02 Å². The molecule has 1 fully saturated rings. The molecule has 0 aromatic heterocycles. The third kappa shape index (κ3) is 5.01. The van der Waals surface area contributed by atoms with Gasteiger partial charge in [0.2, 0.25) is 0 Å². The van der Waals surface area contributed by atoms with Gasteiger partial charge in [-0.25, -0.2) is 9.69 Å². The molecule has 1 N–H and O–H groups in total. The number of halogens is 3. The topological polar surface area (TPSA) is 75.7 Å². The monoisotopic (exact) mass is 558 g/mol. The maximum Gasteiger partial charge on any atom is 0.335 e. The average Bonchev–Trinajstić information content (AvgIpc) is 2.79. The van der Waals surface area contributed by atoms with Crippen LogP contribution in [0.3, 0.4) is 0 Å². The highest BCUT2D eigenvalue weighted by molar-refractivity contribution is 9.10. The van der Waals surface area contributed by atoms with Gasteiger partial charge in [-0.1, -0.05) is 59.6 Å². The molecule has 3 aromatic carbocycles. The fourth-order valence-electron chi connectivity index (χ4n) is 3.31. The van der Waals surface area contributed by atoms with E-state index in [4.69, 9.17) is 27.9 Å². The number of aryl methyl sites for hydroxylation is 1. The fourth-order valence-corrected chi connectivity index (χ4v) is 4.47. The summed E-state index contributed by atoms with van der Waals surface area (Å²) in [5, 5.41) is 2.87. The van der Waals surface area contributed by atoms with E-state index in [0.29, 0.717) is 32.4 Å². The maximum absolute atomic E-state index is 13.1. The first-order valence-electron chi connectivity index (χ1n) is 10.1. The van der Waals surface area contributed by atoms with E-state index in [1.54, 1.807) is 31.2 Å². The number of imide groups is 2. The first-order chi connectivity index (χ1) is 16.2. The lowest BCUT2D eigenvalue weighted by Crippen LogP contribution is -2.54. The van der Waals surface area contributed by atoms with Crippen LogP contribution in [0.5, 0.6) is 5.75 Å². The number of nitrogens with zero attached hydrogens (tertiary/aromatic N) is 1. The van der Waals surface area contributed by atoms with Crippen LogP contribution >= 0.6 is 39.1 Å². The van der Waals surface area contributed by atoms with Crippen molar-refractivity contribution in [2.24, 2.45) is 0 Å². The molecule has 4 amide bonds. The summed E-state index contributed by atoms with van der Waals surface area (Å²) in [5.74, 6) is -1.15. The lowest BCUT2D eigenvalue weighted by molar-refractivity contribution is -0.122. The van der Waals surface area contributed by atoms with Crippen molar-refractivity contribution in [3.63, 3.8) is 0 Å². The van der Waals surface area contributed by atoms with Crippen LogP contribution in [0.1, 0.15) is 16.7 Å². The van der Waals surface area contributed by atoms with Crippen LogP contribution in [0.4, 0.5) is 10.5 Å². The van der Waals surface area contributed by atoms with Gasteiger partial charge in [0.1, 0.15) is 12.2 Å². The summed E-state index contributed by atoms with van der Waals surface area (Å²) in [6.45, 7) is 2.12. The average molecular weight is 560 g/mol. The van der Waals surface area contributed by atoms with Crippen LogP contribution in [0, 0.1) is 6.92 Å². The number of hydrogen-bond acceptors (Lipinski definition) is 4. The lowest BCUT2D eigenvalue weighted by atomic mass is 10.1. The van der Waals surface area contributed by atoms with Crippen molar-refractivity contribution >= 4 is 68.7 Å². The molecule has 0 radical (unpaired) electrons. The SMILES string of the molecule is Cc1ccc(N2C(=O)NC(=O)/C(=C/c3cc(Cl)c(OCc4ccccc4)c(Br)c3)C2=O)cc1Cl. The summed E-state index contributed by atoms with van der Waals surface area (Å²) in [6, 6.07) is 16.8. The second-order valence-electron chi connectivity index (χ2n) is 7.48. The molecule has 0 aliphatic carbocycles. The Morgan fingerprint density at radius 2 is 1.74 bits per heavy atom. The van der Waals surface area contributed by atoms with Gasteiger partial charge in [0.25, 0.3) is 11.8 Å². The summed E-state index contributed by atoms with van der Waals surface area (Å²) in [4.78, 5) is 38.9. The van der Waals surface area contributed by atoms with E-state index in [9.17, 15) is 14.4 Å². The normalized spacial score (nSPS) is 15.0. The van der Waals surface area contributed by atoms with Crippen molar-refractivity contribution < 1.29 is 19.1 Å². The quantitative estimate of drug-likeness (QED) is 0.293. The molecule has 1 aliphatic heterocycles. The van der Waals surface area contributed by atoms with Crippen LogP contribution in [-0.4, -0.2) is 17.8 Å². The zero-order valence-corrected chi connectivity index (χ0v) is 20.9. The number of nitrogens with one attached hydrogen (secondary N) is 1. The molecule has 0 unspecified atom stereocenters. The molecule has 1 saturated heterocycles. The highest BCUT2D eigenvalue weighted by Gasteiger charge is 2.37. The van der Waals surface area contributed by atoms with Gasteiger partial charge < -0.3 is 4.74 Å². The molecule has 9 heteroatoms. The van der Waals surface area contributed by atoms with E-state index in [1.807, 2.05) is 30.3 Å². The van der Waals surface area contributed by atoms with Crippen LogP contribution in [0.2, 0.25) is 10.0 Å². The smallest absolute Gasteiger partial charge is 0.335 e. The van der Waals surface area contributed by atoms with Crippen molar-refractivity contribution in [3.05, 3.63) is 97.4 Å². The van der Waals surface area contributed by atoms with Crippen molar-refractivity contribution in [2.75, 3.05) is 4.90 Å². The highest BCUT2D eigenvalue weighted by atomic mass is 79.9. The van der Waals surface area contributed by atoms with Crippen molar-refractivity contribution in [1.29, 1.82) is 0 Å². The Bertz CT molecular complexity index is 1320. The molecule has 6 nitrogen and oxygen atoms in total. The molecule has 34 heavy (non-hydrogen) atoms. The first kappa shape index (κ1) is 24.0. The van der Waals surface area contributed by atoms with Crippen molar-refractivity contribution in [3.8, 4) is 5.75 Å². The number of hydrogen-bond donors (Lipinski definition) is 1. The van der Waals surface area contributed by atoms with E-state index in [-0.39, 0.29) is 11.3 Å². The number of amides is 4. The third-order valence-corrected chi connectivity index (χ3v) is 6.35. The second-order valence-corrected chi connectivity index (χ2v) is 9.15. The van der Waals surface area contributed by atoms with E-state index < -0.39 is 17.8 Å². The number of carbonyl (C=O) groups excluding carboxylic acids is 3. The summed E-state index contributed by atoms with van der Waals surface area (Å²) >= 11 is 16.0. The number of ether oxygens (including phenoxy) is 1. The van der Waals surface area contributed by atoms with Crippen LogP contribution in [0.25, 0.3) is 6.08 Å². The number of carbonyl (C=O) groups is 3. The van der Waals surface area contributed by atoms with Gasteiger partial charge >= 0.3 is 6.03 Å². The highest BCUT2D eigenvalue weighted by Crippen LogP contribution is 2.36. The fraction of sp³-hybridized carbons (Fsp3) is 0.0800. The molecule has 0 atom stereocenters. The van der Waals surface area contributed by atoms with E-state index >= 15 is 0 Å². The number of urea groups is 1. The van der Waals surface area contributed by atoms with Crippen molar-refractivity contribution in [1.82, 2.24) is 5.32 Å². The Morgan fingerprint density at radius 1 is 1.00 bits per heavy atom. The molecule has 172 valence electrons. The molecular weight excluding hydrogens is 543 g/mol. The Kier molecular flexibility index (Phi) is 7.07. The second kappa shape index (κ2) is 10.0. The lowest BCUT2D eigenvalue weighted by Gasteiger charge is -2.26. The maximum atomic E-state index is 13.1. The zero-order valence-electron chi connectivity index (χ0n) is 17.8. The van der Waals surface area contributed by atoms with E-state index in [2.05, 4.69) is 21.2 Å². The minimum atomic E-state index is -0.851. The molecule has 4 rings (SSSR count). The Labute approximate surface area is 214 Å². The van der Waals surface area contributed by atoms with Gasteiger partial charge in [-0.15, -0.1) is 0 Å².